The number of hydrogen-bond donors (Lipinski definition) is 1. The molecular weight excluding hydrogens is 349 g/mol. The molecule has 1 N–H and O–H groups in total. The second-order valence-corrected chi connectivity index (χ2v) is 6.57. The lowest BCUT2D eigenvalue weighted by Gasteiger charge is -2.16. The van der Waals surface area contributed by atoms with E-state index < -0.39 is 11.9 Å². The summed E-state index contributed by atoms with van der Waals surface area (Å²) in [6.45, 7) is 0. The number of carboxylic acids is 1. The van der Waals surface area contributed by atoms with Gasteiger partial charge in [-0.2, -0.15) is 0 Å². The molecule has 0 bridgehead atoms. The molecule has 1 amide bonds. The predicted octanol–water partition coefficient (Wildman–Crippen LogP) is 3.93. The van der Waals surface area contributed by atoms with Crippen molar-refractivity contribution in [2.24, 2.45) is 0 Å². The van der Waals surface area contributed by atoms with Gasteiger partial charge in [-0.05, 0) is 35.9 Å². The van der Waals surface area contributed by atoms with E-state index in [9.17, 15) is 19.1 Å². The molecule has 120 valence electrons. The molecule has 1 saturated heterocycles. The van der Waals surface area contributed by atoms with E-state index in [4.69, 9.17) is 12.2 Å². The van der Waals surface area contributed by atoms with Gasteiger partial charge in [-0.15, -0.1) is 0 Å². The molecular formula is C17H10FNO3S2. The number of nitrogens with zero attached hydrogens (tertiary/aromatic N) is 1. The van der Waals surface area contributed by atoms with Gasteiger partial charge in [-0.3, -0.25) is 9.69 Å². The van der Waals surface area contributed by atoms with Gasteiger partial charge in [0.05, 0.1) is 16.2 Å². The van der Waals surface area contributed by atoms with Crippen molar-refractivity contribution in [2.45, 2.75) is 0 Å². The number of carbonyl (C=O) groups excluding carboxylic acids is 1. The molecule has 1 aliphatic heterocycles. The van der Waals surface area contributed by atoms with Crippen molar-refractivity contribution >= 4 is 51.9 Å². The van der Waals surface area contributed by atoms with Crippen LogP contribution in [0.5, 0.6) is 0 Å². The average molecular weight is 359 g/mol. The monoisotopic (exact) mass is 359 g/mol. The molecule has 0 spiro atoms. The van der Waals surface area contributed by atoms with Crippen molar-refractivity contribution in [2.75, 3.05) is 4.90 Å². The Hall–Kier alpha value is -2.51. The van der Waals surface area contributed by atoms with Gasteiger partial charge in [0.15, 0.2) is 4.32 Å². The SMILES string of the molecule is O=C(O)c1ccccc1N1C(=O)/C(=C\c2ccc(F)cc2)SC1=S. The lowest BCUT2D eigenvalue weighted by molar-refractivity contribution is -0.113. The smallest absolute Gasteiger partial charge is 0.337 e. The second-order valence-electron chi connectivity index (χ2n) is 4.89. The molecule has 1 aliphatic rings. The summed E-state index contributed by atoms with van der Waals surface area (Å²) < 4.78 is 13.2. The van der Waals surface area contributed by atoms with E-state index in [2.05, 4.69) is 0 Å². The highest BCUT2D eigenvalue weighted by Crippen LogP contribution is 2.37. The summed E-state index contributed by atoms with van der Waals surface area (Å²) in [4.78, 5) is 25.6. The molecule has 2 aromatic carbocycles. The predicted molar refractivity (Wildman–Crippen MR) is 95.5 cm³/mol. The minimum atomic E-state index is -1.14. The lowest BCUT2D eigenvalue weighted by Crippen LogP contribution is -2.29. The van der Waals surface area contributed by atoms with E-state index in [-0.39, 0.29) is 21.4 Å². The van der Waals surface area contributed by atoms with Gasteiger partial charge in [0, 0.05) is 0 Å². The first kappa shape index (κ1) is 16.4. The van der Waals surface area contributed by atoms with E-state index in [1.165, 1.54) is 29.2 Å². The van der Waals surface area contributed by atoms with E-state index in [0.29, 0.717) is 10.5 Å². The third kappa shape index (κ3) is 3.08. The van der Waals surface area contributed by atoms with E-state index in [1.807, 2.05) is 0 Å². The van der Waals surface area contributed by atoms with Crippen LogP contribution in [0.4, 0.5) is 10.1 Å². The highest BCUT2D eigenvalue weighted by molar-refractivity contribution is 8.27. The molecule has 24 heavy (non-hydrogen) atoms. The topological polar surface area (TPSA) is 57.6 Å². The maximum atomic E-state index is 13.0. The fraction of sp³-hybridized carbons (Fsp3) is 0. The summed E-state index contributed by atoms with van der Waals surface area (Å²) in [5.41, 5.74) is 0.884. The normalized spacial score (nSPS) is 16.0. The molecule has 7 heteroatoms. The Morgan fingerprint density at radius 2 is 1.83 bits per heavy atom. The number of benzene rings is 2. The fourth-order valence-electron chi connectivity index (χ4n) is 2.24. The first-order valence-electron chi connectivity index (χ1n) is 6.83. The summed E-state index contributed by atoms with van der Waals surface area (Å²) in [7, 11) is 0. The van der Waals surface area contributed by atoms with Gasteiger partial charge < -0.3 is 5.11 Å². The second kappa shape index (κ2) is 6.54. The molecule has 0 aliphatic carbocycles. The van der Waals surface area contributed by atoms with Gasteiger partial charge >= 0.3 is 5.97 Å². The summed E-state index contributed by atoms with van der Waals surface area (Å²) in [5, 5.41) is 9.29. The Morgan fingerprint density at radius 1 is 1.17 bits per heavy atom. The van der Waals surface area contributed by atoms with Crippen LogP contribution in [0.25, 0.3) is 6.08 Å². The summed E-state index contributed by atoms with van der Waals surface area (Å²) in [6, 6.07) is 11.9. The number of carbonyl (C=O) groups is 2. The Balaban J connectivity index is 1.98. The molecule has 4 nitrogen and oxygen atoms in total. The van der Waals surface area contributed by atoms with E-state index in [1.54, 1.807) is 30.3 Å². The van der Waals surface area contributed by atoms with Gasteiger partial charge in [-0.1, -0.05) is 48.2 Å². The first-order chi connectivity index (χ1) is 11.5. The Morgan fingerprint density at radius 3 is 2.50 bits per heavy atom. The van der Waals surface area contributed by atoms with Gasteiger partial charge in [0.2, 0.25) is 0 Å². The van der Waals surface area contributed by atoms with Crippen molar-refractivity contribution in [1.82, 2.24) is 0 Å². The molecule has 1 fully saturated rings. The Labute approximate surface area is 146 Å². The van der Waals surface area contributed by atoms with Crippen molar-refractivity contribution in [3.63, 3.8) is 0 Å². The summed E-state index contributed by atoms with van der Waals surface area (Å²) in [5.74, 6) is -1.90. The van der Waals surface area contributed by atoms with Crippen LogP contribution in [-0.4, -0.2) is 21.3 Å². The maximum Gasteiger partial charge on any atom is 0.337 e. The van der Waals surface area contributed by atoms with Crippen LogP contribution in [0.15, 0.2) is 53.4 Å². The minimum absolute atomic E-state index is 0.00293. The van der Waals surface area contributed by atoms with Crippen LogP contribution < -0.4 is 4.90 Å². The first-order valence-corrected chi connectivity index (χ1v) is 8.05. The van der Waals surface area contributed by atoms with Crippen molar-refractivity contribution < 1.29 is 19.1 Å². The lowest BCUT2D eigenvalue weighted by atomic mass is 10.1. The number of halogens is 1. The number of hydrogen-bond acceptors (Lipinski definition) is 4. The summed E-state index contributed by atoms with van der Waals surface area (Å²) >= 11 is 6.31. The fourth-order valence-corrected chi connectivity index (χ4v) is 3.52. The number of para-hydroxylation sites is 1. The third-order valence-corrected chi connectivity index (χ3v) is 4.64. The van der Waals surface area contributed by atoms with Crippen LogP contribution in [0.3, 0.4) is 0 Å². The zero-order valence-corrected chi connectivity index (χ0v) is 13.7. The Kier molecular flexibility index (Phi) is 4.46. The van der Waals surface area contributed by atoms with Crippen LogP contribution in [-0.2, 0) is 4.79 Å². The molecule has 0 atom stereocenters. The molecule has 3 rings (SSSR count). The standard InChI is InChI=1S/C17H10FNO3S2/c18-11-7-5-10(6-8-11)9-14-15(20)19(17(23)24-14)13-4-2-1-3-12(13)16(21)22/h1-9H,(H,21,22)/b14-9+. The molecule has 0 aromatic heterocycles. The zero-order valence-electron chi connectivity index (χ0n) is 12.1. The van der Waals surface area contributed by atoms with Crippen LogP contribution in [0, 0.1) is 5.82 Å². The quantitative estimate of drug-likeness (QED) is 0.665. The zero-order chi connectivity index (χ0) is 17.3. The van der Waals surface area contributed by atoms with Crippen LogP contribution >= 0.6 is 24.0 Å². The number of aromatic carboxylic acids is 1. The molecule has 0 saturated carbocycles. The highest BCUT2D eigenvalue weighted by Gasteiger charge is 2.35. The van der Waals surface area contributed by atoms with Gasteiger partial charge in [0.1, 0.15) is 5.82 Å². The molecule has 0 radical (unpaired) electrons. The van der Waals surface area contributed by atoms with E-state index in [0.717, 1.165) is 11.8 Å². The number of thiocarbonyl (C=S) groups is 1. The van der Waals surface area contributed by atoms with Gasteiger partial charge in [-0.25, -0.2) is 9.18 Å². The Bertz CT molecular complexity index is 878. The van der Waals surface area contributed by atoms with Crippen molar-refractivity contribution in [3.05, 3.63) is 70.4 Å². The number of carboxylic acid groups (broad SMARTS) is 1. The number of rotatable bonds is 3. The van der Waals surface area contributed by atoms with Crippen LogP contribution in [0.2, 0.25) is 0 Å². The molecule has 2 aromatic rings. The summed E-state index contributed by atoms with van der Waals surface area (Å²) in [6.07, 6.45) is 1.60. The van der Waals surface area contributed by atoms with Crippen molar-refractivity contribution in [1.29, 1.82) is 0 Å². The maximum absolute atomic E-state index is 13.0. The third-order valence-electron chi connectivity index (χ3n) is 3.34. The molecule has 1 heterocycles. The minimum Gasteiger partial charge on any atom is -0.478 e. The largest absolute Gasteiger partial charge is 0.478 e. The van der Waals surface area contributed by atoms with Crippen LogP contribution in [0.1, 0.15) is 15.9 Å². The highest BCUT2D eigenvalue weighted by atomic mass is 32.2. The average Bonchev–Trinajstić information content (AvgIpc) is 2.83. The van der Waals surface area contributed by atoms with E-state index >= 15 is 0 Å². The number of amides is 1. The number of anilines is 1. The number of thioether (sulfide) groups is 1. The van der Waals surface area contributed by atoms with Crippen molar-refractivity contribution in [3.8, 4) is 0 Å². The van der Waals surface area contributed by atoms with Gasteiger partial charge in [0.25, 0.3) is 5.91 Å². The molecule has 0 unspecified atom stereocenters.